The van der Waals surface area contributed by atoms with Crippen LogP contribution in [0, 0.1) is 11.5 Å². The first-order valence-electron chi connectivity index (χ1n) is 5.23. The largest absolute Gasteiger partial charge is 0.369 e. The maximum atomic E-state index is 11.8. The van der Waals surface area contributed by atoms with Crippen LogP contribution in [0.5, 0.6) is 0 Å². The van der Waals surface area contributed by atoms with Gasteiger partial charge in [0.15, 0.2) is 0 Å². The van der Waals surface area contributed by atoms with Gasteiger partial charge in [0.2, 0.25) is 12.2 Å². The third kappa shape index (κ3) is 2.44. The van der Waals surface area contributed by atoms with Crippen LogP contribution in [-0.2, 0) is 0 Å². The Labute approximate surface area is 104 Å². The number of nitrogens with zero attached hydrogens (tertiary/aromatic N) is 2. The molecule has 2 rings (SSSR count). The standard InChI is InChI=1S/C13H10N4O/c14-8-16-13(15)17-12(18)11-6-5-9-3-1-2-4-10(9)7-11/h1-7H,(H3,15,16,17,18). The second-order valence-corrected chi connectivity index (χ2v) is 3.61. The van der Waals surface area contributed by atoms with E-state index in [1.807, 2.05) is 30.3 Å². The lowest BCUT2D eigenvalue weighted by atomic mass is 10.1. The van der Waals surface area contributed by atoms with E-state index in [1.54, 1.807) is 12.1 Å². The molecular formula is C13H10N4O. The highest BCUT2D eigenvalue weighted by molar-refractivity contribution is 6.07. The summed E-state index contributed by atoms with van der Waals surface area (Å²) in [6, 6.07) is 13.0. The molecule has 88 valence electrons. The lowest BCUT2D eigenvalue weighted by Gasteiger charge is -2.04. The van der Waals surface area contributed by atoms with Gasteiger partial charge in [0, 0.05) is 5.56 Å². The van der Waals surface area contributed by atoms with Gasteiger partial charge in [-0.1, -0.05) is 30.3 Å². The predicted molar refractivity (Wildman–Crippen MR) is 68.6 cm³/mol. The predicted octanol–water partition coefficient (Wildman–Crippen LogP) is 1.37. The van der Waals surface area contributed by atoms with Crippen molar-refractivity contribution < 1.29 is 4.79 Å². The molecule has 0 atom stereocenters. The number of hydrogen-bond acceptors (Lipinski definition) is 3. The Morgan fingerprint density at radius 2 is 1.94 bits per heavy atom. The first-order chi connectivity index (χ1) is 8.70. The highest BCUT2D eigenvalue weighted by Crippen LogP contribution is 2.15. The molecule has 0 aliphatic heterocycles. The number of guanidine groups is 1. The molecule has 0 saturated carbocycles. The number of carbonyl (C=O) groups excluding carboxylic acids is 1. The molecule has 0 aromatic heterocycles. The number of amides is 1. The molecule has 2 aromatic rings. The summed E-state index contributed by atoms with van der Waals surface area (Å²) >= 11 is 0. The SMILES string of the molecule is N#CN=C(N)NC(=O)c1ccc2ccccc2c1. The van der Waals surface area contributed by atoms with Crippen molar-refractivity contribution >= 4 is 22.6 Å². The summed E-state index contributed by atoms with van der Waals surface area (Å²) in [6.07, 6.45) is 1.50. The molecule has 0 fully saturated rings. The summed E-state index contributed by atoms with van der Waals surface area (Å²) in [6.45, 7) is 0. The second-order valence-electron chi connectivity index (χ2n) is 3.61. The van der Waals surface area contributed by atoms with Crippen LogP contribution in [0.3, 0.4) is 0 Å². The van der Waals surface area contributed by atoms with Crippen molar-refractivity contribution in [2.24, 2.45) is 10.7 Å². The molecular weight excluding hydrogens is 228 g/mol. The van der Waals surface area contributed by atoms with Crippen molar-refractivity contribution in [3.8, 4) is 6.19 Å². The first-order valence-corrected chi connectivity index (χ1v) is 5.23. The maximum Gasteiger partial charge on any atom is 0.257 e. The van der Waals surface area contributed by atoms with E-state index >= 15 is 0 Å². The molecule has 0 aliphatic carbocycles. The van der Waals surface area contributed by atoms with Crippen molar-refractivity contribution in [2.75, 3.05) is 0 Å². The topological polar surface area (TPSA) is 91.3 Å². The molecule has 0 radical (unpaired) electrons. The zero-order valence-electron chi connectivity index (χ0n) is 9.42. The quantitative estimate of drug-likeness (QED) is 0.446. The van der Waals surface area contributed by atoms with Crippen molar-refractivity contribution in [1.82, 2.24) is 5.32 Å². The van der Waals surface area contributed by atoms with Crippen LogP contribution < -0.4 is 11.1 Å². The van der Waals surface area contributed by atoms with Gasteiger partial charge in [0.1, 0.15) is 0 Å². The smallest absolute Gasteiger partial charge is 0.257 e. The molecule has 0 heterocycles. The van der Waals surface area contributed by atoms with E-state index in [4.69, 9.17) is 11.0 Å². The van der Waals surface area contributed by atoms with Gasteiger partial charge in [-0.3, -0.25) is 10.1 Å². The lowest BCUT2D eigenvalue weighted by molar-refractivity contribution is 0.0977. The average Bonchev–Trinajstić information content (AvgIpc) is 2.38. The van der Waals surface area contributed by atoms with Crippen molar-refractivity contribution in [3.05, 3.63) is 48.0 Å². The van der Waals surface area contributed by atoms with Crippen LogP contribution in [-0.4, -0.2) is 11.9 Å². The number of aliphatic imine (C=N–C) groups is 1. The number of nitrogens with one attached hydrogen (secondary N) is 1. The Bertz CT molecular complexity index is 670. The normalized spacial score (nSPS) is 10.9. The van der Waals surface area contributed by atoms with E-state index in [2.05, 4.69) is 10.3 Å². The minimum atomic E-state index is -0.391. The molecule has 0 aliphatic rings. The molecule has 0 saturated heterocycles. The minimum Gasteiger partial charge on any atom is -0.369 e. The van der Waals surface area contributed by atoms with Crippen LogP contribution in [0.25, 0.3) is 10.8 Å². The fourth-order valence-electron chi connectivity index (χ4n) is 1.60. The summed E-state index contributed by atoms with van der Waals surface area (Å²) in [7, 11) is 0. The van der Waals surface area contributed by atoms with Gasteiger partial charge in [-0.15, -0.1) is 4.99 Å². The van der Waals surface area contributed by atoms with Crippen molar-refractivity contribution in [2.45, 2.75) is 0 Å². The summed E-state index contributed by atoms with van der Waals surface area (Å²) in [5.41, 5.74) is 5.79. The summed E-state index contributed by atoms with van der Waals surface area (Å²) < 4.78 is 0. The van der Waals surface area contributed by atoms with Crippen molar-refractivity contribution in [1.29, 1.82) is 5.26 Å². The summed E-state index contributed by atoms with van der Waals surface area (Å²) in [5, 5.41) is 12.6. The van der Waals surface area contributed by atoms with Crippen LogP contribution in [0.2, 0.25) is 0 Å². The molecule has 0 bridgehead atoms. The van der Waals surface area contributed by atoms with Gasteiger partial charge >= 0.3 is 0 Å². The van der Waals surface area contributed by atoms with Gasteiger partial charge in [-0.2, -0.15) is 5.26 Å². The zero-order chi connectivity index (χ0) is 13.0. The fraction of sp³-hybridized carbons (Fsp3) is 0. The number of hydrogen-bond donors (Lipinski definition) is 2. The Kier molecular flexibility index (Phi) is 3.21. The van der Waals surface area contributed by atoms with Gasteiger partial charge in [0.05, 0.1) is 0 Å². The minimum absolute atomic E-state index is 0.212. The Balaban J connectivity index is 2.29. The molecule has 0 spiro atoms. The van der Waals surface area contributed by atoms with E-state index < -0.39 is 5.91 Å². The average molecular weight is 238 g/mol. The van der Waals surface area contributed by atoms with Gasteiger partial charge in [-0.25, -0.2) is 0 Å². The fourth-order valence-corrected chi connectivity index (χ4v) is 1.60. The van der Waals surface area contributed by atoms with Crippen LogP contribution in [0.15, 0.2) is 47.5 Å². The first kappa shape index (κ1) is 11.6. The number of benzene rings is 2. The highest BCUT2D eigenvalue weighted by Gasteiger charge is 2.07. The van der Waals surface area contributed by atoms with E-state index in [0.717, 1.165) is 10.8 Å². The third-order valence-corrected chi connectivity index (χ3v) is 2.42. The van der Waals surface area contributed by atoms with Gasteiger partial charge in [0.25, 0.3) is 5.91 Å². The van der Waals surface area contributed by atoms with E-state index in [1.165, 1.54) is 6.19 Å². The number of carbonyl (C=O) groups is 1. The molecule has 5 nitrogen and oxygen atoms in total. The highest BCUT2D eigenvalue weighted by atomic mass is 16.1. The van der Waals surface area contributed by atoms with Gasteiger partial charge in [-0.05, 0) is 22.9 Å². The number of nitriles is 1. The second kappa shape index (κ2) is 4.97. The van der Waals surface area contributed by atoms with Crippen LogP contribution in [0.4, 0.5) is 0 Å². The molecule has 5 heteroatoms. The van der Waals surface area contributed by atoms with Crippen LogP contribution in [0.1, 0.15) is 10.4 Å². The summed E-state index contributed by atoms with van der Waals surface area (Å²) in [5.74, 6) is -0.604. The van der Waals surface area contributed by atoms with E-state index in [0.29, 0.717) is 5.56 Å². The molecule has 0 unspecified atom stereocenters. The molecule has 2 aromatic carbocycles. The monoisotopic (exact) mass is 238 g/mol. The number of fused-ring (bicyclic) bond motifs is 1. The Morgan fingerprint density at radius 1 is 1.22 bits per heavy atom. The number of nitrogens with two attached hydrogens (primary N) is 1. The van der Waals surface area contributed by atoms with Crippen molar-refractivity contribution in [3.63, 3.8) is 0 Å². The van der Waals surface area contributed by atoms with E-state index in [-0.39, 0.29) is 5.96 Å². The van der Waals surface area contributed by atoms with Gasteiger partial charge < -0.3 is 5.73 Å². The van der Waals surface area contributed by atoms with E-state index in [9.17, 15) is 4.79 Å². The number of rotatable bonds is 1. The Hall–Kier alpha value is -2.87. The molecule has 18 heavy (non-hydrogen) atoms. The molecule has 1 amide bonds. The third-order valence-electron chi connectivity index (χ3n) is 2.42. The maximum absolute atomic E-state index is 11.8. The lowest BCUT2D eigenvalue weighted by Crippen LogP contribution is -2.36. The molecule has 3 N–H and O–H groups in total. The summed E-state index contributed by atoms with van der Waals surface area (Å²) in [4.78, 5) is 15.0. The Morgan fingerprint density at radius 3 is 2.67 bits per heavy atom. The van der Waals surface area contributed by atoms with Crippen LogP contribution >= 0.6 is 0 Å². The zero-order valence-corrected chi connectivity index (χ0v) is 9.42.